The summed E-state index contributed by atoms with van der Waals surface area (Å²) in [6, 6.07) is 0. The standard InChI is InChI=1S/C8H16F2N2O/c1-11-5-3-4-8(13)12(2)6-7(9)10/h7,11H,3-6H2,1-2H3. The van der Waals surface area contributed by atoms with Crippen LogP contribution in [0.4, 0.5) is 8.78 Å². The molecule has 0 aliphatic heterocycles. The minimum absolute atomic E-state index is 0.226. The van der Waals surface area contributed by atoms with Crippen LogP contribution in [0.1, 0.15) is 12.8 Å². The van der Waals surface area contributed by atoms with Crippen LogP contribution in [0.15, 0.2) is 0 Å². The zero-order chi connectivity index (χ0) is 10.3. The first-order valence-electron chi connectivity index (χ1n) is 4.24. The minimum Gasteiger partial charge on any atom is -0.340 e. The van der Waals surface area contributed by atoms with Crippen LogP contribution in [0.25, 0.3) is 0 Å². The van der Waals surface area contributed by atoms with Crippen molar-refractivity contribution in [1.29, 1.82) is 0 Å². The van der Waals surface area contributed by atoms with E-state index >= 15 is 0 Å². The fourth-order valence-electron chi connectivity index (χ4n) is 0.916. The first kappa shape index (κ1) is 12.3. The topological polar surface area (TPSA) is 32.3 Å². The van der Waals surface area contributed by atoms with E-state index in [1.54, 1.807) is 7.05 Å². The van der Waals surface area contributed by atoms with Crippen LogP contribution in [0.3, 0.4) is 0 Å². The van der Waals surface area contributed by atoms with E-state index in [2.05, 4.69) is 5.32 Å². The van der Waals surface area contributed by atoms with E-state index in [0.717, 1.165) is 11.4 Å². The number of amides is 1. The lowest BCUT2D eigenvalue weighted by Crippen LogP contribution is -2.31. The van der Waals surface area contributed by atoms with Crippen LogP contribution in [-0.2, 0) is 4.79 Å². The molecule has 0 saturated carbocycles. The van der Waals surface area contributed by atoms with E-state index in [1.165, 1.54) is 7.05 Å². The zero-order valence-corrected chi connectivity index (χ0v) is 8.02. The molecule has 0 heterocycles. The molecule has 3 nitrogen and oxygen atoms in total. The summed E-state index contributed by atoms with van der Waals surface area (Å²) in [5, 5.41) is 2.88. The van der Waals surface area contributed by atoms with Gasteiger partial charge in [0.2, 0.25) is 5.91 Å². The summed E-state index contributed by atoms with van der Waals surface area (Å²) < 4.78 is 23.7. The van der Waals surface area contributed by atoms with Crippen molar-refractivity contribution in [3.05, 3.63) is 0 Å². The number of hydrogen-bond donors (Lipinski definition) is 1. The Morgan fingerprint density at radius 3 is 2.62 bits per heavy atom. The molecule has 0 bridgehead atoms. The van der Waals surface area contributed by atoms with Crippen LogP contribution < -0.4 is 5.32 Å². The Morgan fingerprint density at radius 1 is 1.54 bits per heavy atom. The van der Waals surface area contributed by atoms with E-state index < -0.39 is 13.0 Å². The summed E-state index contributed by atoms with van der Waals surface area (Å²) in [7, 11) is 3.18. The highest BCUT2D eigenvalue weighted by Gasteiger charge is 2.12. The van der Waals surface area contributed by atoms with Crippen LogP contribution in [0, 0.1) is 0 Å². The van der Waals surface area contributed by atoms with Crippen molar-refractivity contribution in [3.63, 3.8) is 0 Å². The number of rotatable bonds is 6. The molecule has 78 valence electrons. The first-order valence-corrected chi connectivity index (χ1v) is 4.24. The molecule has 0 rings (SSSR count). The number of nitrogens with zero attached hydrogens (tertiary/aromatic N) is 1. The summed E-state index contributed by atoms with van der Waals surface area (Å²) >= 11 is 0. The van der Waals surface area contributed by atoms with E-state index in [-0.39, 0.29) is 5.91 Å². The normalized spacial score (nSPS) is 10.5. The van der Waals surface area contributed by atoms with Crippen LogP contribution in [0.2, 0.25) is 0 Å². The van der Waals surface area contributed by atoms with Crippen molar-refractivity contribution in [1.82, 2.24) is 10.2 Å². The third-order valence-electron chi connectivity index (χ3n) is 1.66. The number of halogens is 2. The van der Waals surface area contributed by atoms with E-state index in [0.29, 0.717) is 12.8 Å². The molecule has 0 unspecified atom stereocenters. The van der Waals surface area contributed by atoms with Crippen LogP contribution in [0.5, 0.6) is 0 Å². The fraction of sp³-hybridized carbons (Fsp3) is 0.875. The van der Waals surface area contributed by atoms with Crippen molar-refractivity contribution in [2.75, 3.05) is 27.2 Å². The maximum absolute atomic E-state index is 11.8. The maximum Gasteiger partial charge on any atom is 0.255 e. The van der Waals surface area contributed by atoms with Crippen molar-refractivity contribution in [2.45, 2.75) is 19.3 Å². The molecule has 0 radical (unpaired) electrons. The van der Waals surface area contributed by atoms with E-state index in [1.807, 2.05) is 0 Å². The second kappa shape index (κ2) is 6.77. The van der Waals surface area contributed by atoms with Gasteiger partial charge in [0.05, 0.1) is 6.54 Å². The summed E-state index contributed by atoms with van der Waals surface area (Å²) in [5.74, 6) is -0.226. The molecule has 0 aromatic rings. The maximum atomic E-state index is 11.8. The zero-order valence-electron chi connectivity index (χ0n) is 8.02. The van der Waals surface area contributed by atoms with Gasteiger partial charge in [0, 0.05) is 13.5 Å². The third kappa shape index (κ3) is 6.45. The second-order valence-corrected chi connectivity index (χ2v) is 2.87. The van der Waals surface area contributed by atoms with Gasteiger partial charge in [-0.05, 0) is 20.0 Å². The third-order valence-corrected chi connectivity index (χ3v) is 1.66. The monoisotopic (exact) mass is 194 g/mol. The van der Waals surface area contributed by atoms with Crippen molar-refractivity contribution in [2.24, 2.45) is 0 Å². The Morgan fingerprint density at radius 2 is 2.15 bits per heavy atom. The average molecular weight is 194 g/mol. The largest absolute Gasteiger partial charge is 0.340 e. The molecule has 0 aromatic heterocycles. The number of alkyl halides is 2. The lowest BCUT2D eigenvalue weighted by Gasteiger charge is -2.16. The first-order chi connectivity index (χ1) is 6.07. The molecule has 0 aliphatic carbocycles. The highest BCUT2D eigenvalue weighted by Crippen LogP contribution is 1.99. The number of hydrogen-bond acceptors (Lipinski definition) is 2. The molecule has 0 aliphatic rings. The summed E-state index contributed by atoms with van der Waals surface area (Å²) in [6.45, 7) is 0.257. The molecule has 0 aromatic carbocycles. The van der Waals surface area contributed by atoms with Gasteiger partial charge in [0.15, 0.2) is 0 Å². The Kier molecular flexibility index (Phi) is 6.40. The predicted molar refractivity (Wildman–Crippen MR) is 46.8 cm³/mol. The summed E-state index contributed by atoms with van der Waals surface area (Å²) in [5.41, 5.74) is 0. The molecule has 1 amide bonds. The van der Waals surface area contributed by atoms with Gasteiger partial charge in [-0.15, -0.1) is 0 Å². The molecule has 0 fully saturated rings. The molecule has 13 heavy (non-hydrogen) atoms. The number of nitrogens with one attached hydrogen (secondary N) is 1. The van der Waals surface area contributed by atoms with Gasteiger partial charge in [-0.2, -0.15) is 0 Å². The smallest absolute Gasteiger partial charge is 0.255 e. The minimum atomic E-state index is -2.45. The molecule has 1 N–H and O–H groups in total. The Balaban J connectivity index is 3.57. The van der Waals surface area contributed by atoms with Crippen molar-refractivity contribution >= 4 is 5.91 Å². The second-order valence-electron chi connectivity index (χ2n) is 2.87. The van der Waals surface area contributed by atoms with Crippen molar-refractivity contribution in [3.8, 4) is 0 Å². The van der Waals surface area contributed by atoms with E-state index in [4.69, 9.17) is 0 Å². The van der Waals surface area contributed by atoms with Gasteiger partial charge in [-0.3, -0.25) is 4.79 Å². The lowest BCUT2D eigenvalue weighted by atomic mass is 10.3. The molecular weight excluding hydrogens is 178 g/mol. The molecular formula is C8H16F2N2O. The lowest BCUT2D eigenvalue weighted by molar-refractivity contribution is -0.131. The van der Waals surface area contributed by atoms with Gasteiger partial charge < -0.3 is 10.2 Å². The molecule has 0 saturated heterocycles. The van der Waals surface area contributed by atoms with E-state index in [9.17, 15) is 13.6 Å². The molecule has 0 spiro atoms. The van der Waals surface area contributed by atoms with Gasteiger partial charge in [0.1, 0.15) is 0 Å². The molecule has 5 heteroatoms. The Labute approximate surface area is 77.1 Å². The van der Waals surface area contributed by atoms with Gasteiger partial charge in [0.25, 0.3) is 6.43 Å². The van der Waals surface area contributed by atoms with Crippen molar-refractivity contribution < 1.29 is 13.6 Å². The van der Waals surface area contributed by atoms with Gasteiger partial charge >= 0.3 is 0 Å². The average Bonchev–Trinajstić information content (AvgIpc) is 2.03. The SMILES string of the molecule is CNCCCC(=O)N(C)CC(F)F. The quantitative estimate of drug-likeness (QED) is 0.631. The highest BCUT2D eigenvalue weighted by atomic mass is 19.3. The number of carbonyl (C=O) groups is 1. The van der Waals surface area contributed by atoms with Crippen LogP contribution in [-0.4, -0.2) is 44.4 Å². The molecule has 0 atom stereocenters. The Hall–Kier alpha value is -0.710. The van der Waals surface area contributed by atoms with Gasteiger partial charge in [-0.1, -0.05) is 0 Å². The highest BCUT2D eigenvalue weighted by molar-refractivity contribution is 5.75. The van der Waals surface area contributed by atoms with Crippen LogP contribution >= 0.6 is 0 Å². The number of carbonyl (C=O) groups excluding carboxylic acids is 1. The van der Waals surface area contributed by atoms with Gasteiger partial charge in [-0.25, -0.2) is 8.78 Å². The predicted octanol–water partition coefficient (Wildman–Crippen LogP) is 0.709. The Bertz CT molecular complexity index is 153. The summed E-state index contributed by atoms with van der Waals surface area (Å²) in [6.07, 6.45) is -1.44. The summed E-state index contributed by atoms with van der Waals surface area (Å²) in [4.78, 5) is 12.2. The fourth-order valence-corrected chi connectivity index (χ4v) is 0.916.